The van der Waals surface area contributed by atoms with Gasteiger partial charge in [-0.2, -0.15) is 0 Å². The Labute approximate surface area is 178 Å². The Morgan fingerprint density at radius 1 is 1.13 bits per heavy atom. The van der Waals surface area contributed by atoms with Crippen LogP contribution in [-0.2, 0) is 0 Å². The number of aromatic nitrogens is 1. The van der Waals surface area contributed by atoms with Crippen LogP contribution in [0, 0.1) is 10.1 Å². The van der Waals surface area contributed by atoms with Crippen LogP contribution in [-0.4, -0.2) is 36.7 Å². The Balaban J connectivity index is 1.63. The zero-order valence-electron chi connectivity index (χ0n) is 16.9. The minimum Gasteiger partial charge on any atom is -0.493 e. The first-order valence-electron chi connectivity index (χ1n) is 9.51. The number of nitrogens with one attached hydrogen (secondary N) is 1. The van der Waals surface area contributed by atoms with Crippen LogP contribution in [0.3, 0.4) is 0 Å². The highest BCUT2D eigenvalue weighted by Crippen LogP contribution is 2.41. The van der Waals surface area contributed by atoms with Crippen LogP contribution < -0.4 is 19.7 Å². The molecule has 0 fully saturated rings. The Morgan fingerprint density at radius 2 is 1.94 bits per heavy atom. The van der Waals surface area contributed by atoms with Crippen LogP contribution in [0.25, 0.3) is 0 Å². The number of carbonyl (C=O) groups is 1. The summed E-state index contributed by atoms with van der Waals surface area (Å²) in [7, 11) is 3.15. The molecular formula is C22H20N4O5. The van der Waals surface area contributed by atoms with E-state index >= 15 is 0 Å². The van der Waals surface area contributed by atoms with Crippen molar-refractivity contribution in [3.8, 4) is 11.5 Å². The predicted molar refractivity (Wildman–Crippen MR) is 115 cm³/mol. The number of hydrogen-bond donors (Lipinski definition) is 1. The normalized spacial score (nSPS) is 14.6. The molecule has 1 unspecified atom stereocenters. The van der Waals surface area contributed by atoms with E-state index in [0.29, 0.717) is 29.5 Å². The van der Waals surface area contributed by atoms with Gasteiger partial charge in [0, 0.05) is 42.0 Å². The zero-order valence-corrected chi connectivity index (χ0v) is 16.9. The van der Waals surface area contributed by atoms with Gasteiger partial charge in [0.2, 0.25) is 0 Å². The molecule has 1 aromatic heterocycles. The van der Waals surface area contributed by atoms with E-state index in [2.05, 4.69) is 10.3 Å². The number of nitro groups is 1. The fourth-order valence-corrected chi connectivity index (χ4v) is 3.70. The van der Waals surface area contributed by atoms with E-state index in [4.69, 9.17) is 9.47 Å². The van der Waals surface area contributed by atoms with E-state index in [-0.39, 0.29) is 11.6 Å². The van der Waals surface area contributed by atoms with Gasteiger partial charge in [0.15, 0.2) is 11.5 Å². The van der Waals surface area contributed by atoms with E-state index in [1.165, 1.54) is 23.1 Å². The summed E-state index contributed by atoms with van der Waals surface area (Å²) in [6.45, 7) is 0.364. The van der Waals surface area contributed by atoms with Crippen LogP contribution in [0.2, 0.25) is 0 Å². The van der Waals surface area contributed by atoms with Crippen LogP contribution >= 0.6 is 0 Å². The van der Waals surface area contributed by atoms with Gasteiger partial charge in [-0.1, -0.05) is 18.2 Å². The lowest BCUT2D eigenvalue weighted by Crippen LogP contribution is -2.34. The molecule has 1 aliphatic rings. The van der Waals surface area contributed by atoms with Crippen molar-refractivity contribution in [1.29, 1.82) is 0 Å². The minimum absolute atomic E-state index is 0.0963. The third kappa shape index (κ3) is 3.85. The van der Waals surface area contributed by atoms with Crippen molar-refractivity contribution in [2.24, 2.45) is 0 Å². The average molecular weight is 420 g/mol. The van der Waals surface area contributed by atoms with E-state index in [0.717, 1.165) is 11.1 Å². The fourth-order valence-electron chi connectivity index (χ4n) is 3.70. The molecule has 1 N–H and O–H groups in total. The van der Waals surface area contributed by atoms with Gasteiger partial charge < -0.3 is 14.8 Å². The maximum atomic E-state index is 13.0. The molecule has 2 amide bonds. The van der Waals surface area contributed by atoms with Crippen LogP contribution in [0.1, 0.15) is 17.0 Å². The van der Waals surface area contributed by atoms with Crippen LogP contribution in [0.4, 0.5) is 22.0 Å². The van der Waals surface area contributed by atoms with Gasteiger partial charge in [0.25, 0.3) is 5.69 Å². The van der Waals surface area contributed by atoms with Crippen molar-refractivity contribution in [3.63, 3.8) is 0 Å². The van der Waals surface area contributed by atoms with Crippen molar-refractivity contribution in [3.05, 3.63) is 82.0 Å². The molecule has 0 radical (unpaired) electrons. The molecular weight excluding hydrogens is 400 g/mol. The quantitative estimate of drug-likeness (QED) is 0.490. The average Bonchev–Trinajstić information content (AvgIpc) is 3.18. The minimum atomic E-state index is -0.505. The number of hydrogen-bond acceptors (Lipinski definition) is 6. The Morgan fingerprint density at radius 3 is 2.68 bits per heavy atom. The van der Waals surface area contributed by atoms with Gasteiger partial charge in [0.05, 0.1) is 19.1 Å². The number of fused-ring (bicyclic) bond motifs is 1. The van der Waals surface area contributed by atoms with Crippen molar-refractivity contribution >= 4 is 23.2 Å². The summed E-state index contributed by atoms with van der Waals surface area (Å²) < 4.78 is 10.7. The van der Waals surface area contributed by atoms with E-state index in [9.17, 15) is 14.9 Å². The van der Waals surface area contributed by atoms with E-state index in [1.807, 2.05) is 30.3 Å². The smallest absolute Gasteiger partial charge is 0.327 e. The molecule has 31 heavy (non-hydrogen) atoms. The molecule has 0 bridgehead atoms. The Hall–Kier alpha value is -4.14. The first-order chi connectivity index (χ1) is 15.0. The summed E-state index contributed by atoms with van der Waals surface area (Å²) in [4.78, 5) is 29.5. The second kappa shape index (κ2) is 8.31. The number of amides is 2. The standard InChI is InChI=1S/C22H20N4O5/c1-30-19-9-8-14(11-20(19)31-2)18-13-25(21-17(18)7-4-10-23-21)22(27)24-15-5-3-6-16(12-15)26(28)29/h3-12,18H,13H2,1-2H3,(H,24,27). The summed E-state index contributed by atoms with van der Waals surface area (Å²) in [5.74, 6) is 1.66. The highest BCUT2D eigenvalue weighted by atomic mass is 16.6. The number of carbonyl (C=O) groups excluding carboxylic acids is 1. The van der Waals surface area contributed by atoms with Gasteiger partial charge in [0.1, 0.15) is 5.82 Å². The molecule has 2 heterocycles. The van der Waals surface area contributed by atoms with Crippen LogP contribution in [0.15, 0.2) is 60.8 Å². The number of ether oxygens (including phenoxy) is 2. The molecule has 3 aromatic rings. The number of anilines is 2. The number of non-ortho nitro benzene ring substituents is 1. The molecule has 9 nitrogen and oxygen atoms in total. The lowest BCUT2D eigenvalue weighted by molar-refractivity contribution is -0.384. The molecule has 0 spiro atoms. The van der Waals surface area contributed by atoms with Gasteiger partial charge >= 0.3 is 6.03 Å². The maximum Gasteiger partial charge on any atom is 0.327 e. The largest absolute Gasteiger partial charge is 0.493 e. The van der Waals surface area contributed by atoms with Crippen molar-refractivity contribution < 1.29 is 19.2 Å². The summed E-state index contributed by atoms with van der Waals surface area (Å²) in [6, 6.07) is 14.8. The van der Waals surface area contributed by atoms with E-state index in [1.54, 1.807) is 26.5 Å². The van der Waals surface area contributed by atoms with Crippen LogP contribution in [0.5, 0.6) is 11.5 Å². The SMILES string of the molecule is COc1ccc(C2CN(C(=O)Nc3cccc([N+](=O)[O-])c3)c3ncccc32)cc1OC. The summed E-state index contributed by atoms with van der Waals surface area (Å²) in [5.41, 5.74) is 2.11. The Bertz CT molecular complexity index is 1150. The first kappa shape index (κ1) is 20.1. The Kier molecular flexibility index (Phi) is 5.40. The monoisotopic (exact) mass is 420 g/mol. The second-order valence-electron chi connectivity index (χ2n) is 6.93. The molecule has 1 aliphatic heterocycles. The number of urea groups is 1. The molecule has 4 rings (SSSR count). The summed E-state index contributed by atoms with van der Waals surface area (Å²) >= 11 is 0. The summed E-state index contributed by atoms with van der Waals surface area (Å²) in [5, 5.41) is 13.7. The molecule has 9 heteroatoms. The number of methoxy groups -OCH3 is 2. The first-order valence-corrected chi connectivity index (χ1v) is 9.51. The third-order valence-electron chi connectivity index (χ3n) is 5.18. The molecule has 158 valence electrons. The van der Waals surface area contributed by atoms with Gasteiger partial charge in [-0.15, -0.1) is 0 Å². The number of nitrogens with zero attached hydrogens (tertiary/aromatic N) is 3. The number of benzene rings is 2. The lowest BCUT2D eigenvalue weighted by atomic mass is 9.94. The van der Waals surface area contributed by atoms with Crippen molar-refractivity contribution in [1.82, 2.24) is 4.98 Å². The summed E-state index contributed by atoms with van der Waals surface area (Å²) in [6.07, 6.45) is 1.63. The highest BCUT2D eigenvalue weighted by Gasteiger charge is 2.35. The van der Waals surface area contributed by atoms with Gasteiger partial charge in [-0.25, -0.2) is 9.78 Å². The fraction of sp³-hybridized carbons (Fsp3) is 0.182. The molecule has 2 aromatic carbocycles. The molecule has 1 atom stereocenters. The van der Waals surface area contributed by atoms with Gasteiger partial charge in [-0.05, 0) is 29.8 Å². The molecule has 0 saturated carbocycles. The number of pyridine rings is 1. The van der Waals surface area contributed by atoms with Gasteiger partial charge in [-0.3, -0.25) is 15.0 Å². The van der Waals surface area contributed by atoms with Crippen molar-refractivity contribution in [2.75, 3.05) is 31.0 Å². The maximum absolute atomic E-state index is 13.0. The zero-order chi connectivity index (χ0) is 22.0. The lowest BCUT2D eigenvalue weighted by Gasteiger charge is -2.18. The third-order valence-corrected chi connectivity index (χ3v) is 5.18. The number of rotatable bonds is 5. The number of nitro benzene ring substituents is 1. The topological polar surface area (TPSA) is 107 Å². The van der Waals surface area contributed by atoms with E-state index < -0.39 is 11.0 Å². The highest BCUT2D eigenvalue weighted by molar-refractivity contribution is 6.03. The predicted octanol–water partition coefficient (Wildman–Crippen LogP) is 4.19. The molecule has 0 saturated heterocycles. The molecule has 0 aliphatic carbocycles. The van der Waals surface area contributed by atoms with Crippen molar-refractivity contribution in [2.45, 2.75) is 5.92 Å². The second-order valence-corrected chi connectivity index (χ2v) is 6.93.